The first-order valence-corrected chi connectivity index (χ1v) is 6.43. The number of rotatable bonds is 8. The number of alkyl halides is 3. The molecule has 0 unspecified atom stereocenters. The van der Waals surface area contributed by atoms with Crippen LogP contribution in [-0.4, -0.2) is 33.5 Å². The molecule has 0 aromatic heterocycles. The molecule has 1 aromatic rings. The van der Waals surface area contributed by atoms with Crippen LogP contribution in [-0.2, 0) is 15.7 Å². The van der Waals surface area contributed by atoms with E-state index in [2.05, 4.69) is 5.32 Å². The molecule has 0 heterocycles. The predicted molar refractivity (Wildman–Crippen MR) is 72.0 cm³/mol. The average molecular weight is 291 g/mol. The second-order valence-electron chi connectivity index (χ2n) is 4.41. The van der Waals surface area contributed by atoms with E-state index in [1.165, 1.54) is 6.07 Å². The van der Waals surface area contributed by atoms with Crippen LogP contribution in [0.15, 0.2) is 18.2 Å². The lowest BCUT2D eigenvalue weighted by atomic mass is 10.1. The van der Waals surface area contributed by atoms with Gasteiger partial charge in [0.1, 0.15) is 0 Å². The first-order valence-electron chi connectivity index (χ1n) is 6.43. The van der Waals surface area contributed by atoms with Gasteiger partial charge in [0.15, 0.2) is 0 Å². The summed E-state index contributed by atoms with van der Waals surface area (Å²) < 4.78 is 48.0. The van der Waals surface area contributed by atoms with Gasteiger partial charge in [0.25, 0.3) is 0 Å². The van der Waals surface area contributed by atoms with Gasteiger partial charge in [0, 0.05) is 32.6 Å². The Morgan fingerprint density at radius 3 is 2.55 bits per heavy atom. The normalized spacial score (nSPS) is 11.7. The minimum Gasteiger partial charge on any atom is -0.385 e. The largest absolute Gasteiger partial charge is 0.416 e. The Hall–Kier alpha value is -1.27. The summed E-state index contributed by atoms with van der Waals surface area (Å²) in [5, 5.41) is 2.96. The lowest BCUT2D eigenvalue weighted by Gasteiger charge is -2.13. The molecule has 1 rings (SSSR count). The van der Waals surface area contributed by atoms with Crippen LogP contribution in [0.5, 0.6) is 0 Å². The first kappa shape index (κ1) is 16.8. The molecule has 0 radical (unpaired) electrons. The molecule has 1 N–H and O–H groups in total. The van der Waals surface area contributed by atoms with Crippen LogP contribution in [0, 0.1) is 6.92 Å². The maximum Gasteiger partial charge on any atom is 0.416 e. The van der Waals surface area contributed by atoms with Gasteiger partial charge in [-0.25, -0.2) is 0 Å². The highest BCUT2D eigenvalue weighted by Gasteiger charge is 2.30. The van der Waals surface area contributed by atoms with Crippen LogP contribution in [0.4, 0.5) is 18.9 Å². The van der Waals surface area contributed by atoms with Crippen molar-refractivity contribution < 1.29 is 22.6 Å². The fourth-order valence-corrected chi connectivity index (χ4v) is 1.65. The Bertz CT molecular complexity index is 408. The Labute approximate surface area is 117 Å². The summed E-state index contributed by atoms with van der Waals surface area (Å²) in [7, 11) is 1.62. The first-order chi connectivity index (χ1) is 9.45. The number of ether oxygens (including phenoxy) is 2. The van der Waals surface area contributed by atoms with Crippen LogP contribution >= 0.6 is 0 Å². The van der Waals surface area contributed by atoms with Crippen LogP contribution in [0.3, 0.4) is 0 Å². The Balaban J connectivity index is 2.40. The summed E-state index contributed by atoms with van der Waals surface area (Å²) >= 11 is 0. The molecule has 0 aliphatic rings. The van der Waals surface area contributed by atoms with Crippen molar-refractivity contribution >= 4 is 5.69 Å². The molecule has 0 aliphatic heterocycles. The zero-order valence-electron chi connectivity index (χ0n) is 11.7. The molecule has 0 amide bonds. The summed E-state index contributed by atoms with van der Waals surface area (Å²) in [4.78, 5) is 0. The molecule has 0 saturated heterocycles. The third kappa shape index (κ3) is 5.79. The van der Waals surface area contributed by atoms with E-state index >= 15 is 0 Å². The van der Waals surface area contributed by atoms with E-state index in [9.17, 15) is 13.2 Å². The minimum absolute atomic E-state index is 0.444. The molecule has 1 aromatic carbocycles. The van der Waals surface area contributed by atoms with Crippen molar-refractivity contribution in [1.82, 2.24) is 0 Å². The number of hydrogen-bond donors (Lipinski definition) is 1. The summed E-state index contributed by atoms with van der Waals surface area (Å²) in [6.45, 7) is 3.90. The molecule has 6 heteroatoms. The molecule has 0 bridgehead atoms. The van der Waals surface area contributed by atoms with Gasteiger partial charge in [-0.05, 0) is 31.0 Å². The monoisotopic (exact) mass is 291 g/mol. The molecule has 114 valence electrons. The van der Waals surface area contributed by atoms with Gasteiger partial charge in [-0.15, -0.1) is 0 Å². The van der Waals surface area contributed by atoms with Crippen LogP contribution in [0.1, 0.15) is 17.5 Å². The highest BCUT2D eigenvalue weighted by Crippen LogP contribution is 2.31. The van der Waals surface area contributed by atoms with E-state index in [0.717, 1.165) is 24.1 Å². The van der Waals surface area contributed by atoms with Crippen molar-refractivity contribution in [2.24, 2.45) is 0 Å². The van der Waals surface area contributed by atoms with Crippen molar-refractivity contribution in [3.63, 3.8) is 0 Å². The summed E-state index contributed by atoms with van der Waals surface area (Å²) in [6.07, 6.45) is -3.51. The van der Waals surface area contributed by atoms with Gasteiger partial charge in [-0.2, -0.15) is 13.2 Å². The van der Waals surface area contributed by atoms with Crippen molar-refractivity contribution in [2.75, 3.05) is 38.8 Å². The smallest absolute Gasteiger partial charge is 0.385 e. The number of nitrogens with one attached hydrogen (secondary N) is 1. The van der Waals surface area contributed by atoms with Gasteiger partial charge in [-0.1, -0.05) is 6.07 Å². The van der Waals surface area contributed by atoms with Crippen molar-refractivity contribution in [3.8, 4) is 0 Å². The molecular formula is C14H20F3NO2. The van der Waals surface area contributed by atoms with Crippen molar-refractivity contribution in [2.45, 2.75) is 19.5 Å². The summed E-state index contributed by atoms with van der Waals surface area (Å²) in [6, 6.07) is 3.67. The fourth-order valence-electron chi connectivity index (χ4n) is 1.65. The third-order valence-corrected chi connectivity index (χ3v) is 2.76. The lowest BCUT2D eigenvalue weighted by Crippen LogP contribution is -2.12. The molecule has 0 saturated carbocycles. The third-order valence-electron chi connectivity index (χ3n) is 2.76. The van der Waals surface area contributed by atoms with Crippen molar-refractivity contribution in [1.29, 1.82) is 0 Å². The van der Waals surface area contributed by atoms with Gasteiger partial charge in [0.05, 0.1) is 12.2 Å². The van der Waals surface area contributed by atoms with Crippen molar-refractivity contribution in [3.05, 3.63) is 29.3 Å². The predicted octanol–water partition coefficient (Wildman–Crippen LogP) is 3.48. The SMILES string of the molecule is COCCCOCCNc1cc(C(F)(F)F)ccc1C. The number of hydrogen-bond acceptors (Lipinski definition) is 3. The molecule has 0 aliphatic carbocycles. The quantitative estimate of drug-likeness (QED) is 0.744. The highest BCUT2D eigenvalue weighted by molar-refractivity contribution is 5.53. The Kier molecular flexibility index (Phi) is 6.81. The molecule has 0 spiro atoms. The second-order valence-corrected chi connectivity index (χ2v) is 4.41. The Morgan fingerprint density at radius 2 is 1.90 bits per heavy atom. The number of halogens is 3. The zero-order valence-corrected chi connectivity index (χ0v) is 11.7. The molecule has 0 fully saturated rings. The standard InChI is InChI=1S/C14H20F3NO2/c1-11-4-5-12(14(15,16)17)10-13(11)18-6-9-20-8-3-7-19-2/h4-5,10,18H,3,6-9H2,1-2H3. The summed E-state index contributed by atoms with van der Waals surface area (Å²) in [5.74, 6) is 0. The van der Waals surface area contributed by atoms with Crippen LogP contribution in [0.2, 0.25) is 0 Å². The number of anilines is 1. The molecular weight excluding hydrogens is 271 g/mol. The second kappa shape index (κ2) is 8.11. The van der Waals surface area contributed by atoms with Gasteiger partial charge in [0.2, 0.25) is 0 Å². The van der Waals surface area contributed by atoms with Gasteiger partial charge < -0.3 is 14.8 Å². The minimum atomic E-state index is -4.32. The van der Waals surface area contributed by atoms with Crippen LogP contribution < -0.4 is 5.32 Å². The van der Waals surface area contributed by atoms with Crippen LogP contribution in [0.25, 0.3) is 0 Å². The molecule has 20 heavy (non-hydrogen) atoms. The van der Waals surface area contributed by atoms with E-state index < -0.39 is 11.7 Å². The fraction of sp³-hybridized carbons (Fsp3) is 0.571. The van der Waals surface area contributed by atoms with E-state index in [4.69, 9.17) is 9.47 Å². The summed E-state index contributed by atoms with van der Waals surface area (Å²) in [5.41, 5.74) is 0.615. The topological polar surface area (TPSA) is 30.5 Å². The van der Waals surface area contributed by atoms with E-state index in [1.807, 2.05) is 0 Å². The number of methoxy groups -OCH3 is 1. The van der Waals surface area contributed by atoms with Gasteiger partial charge in [-0.3, -0.25) is 0 Å². The number of aryl methyl sites for hydroxylation is 1. The molecule has 3 nitrogen and oxygen atoms in total. The average Bonchev–Trinajstić information content (AvgIpc) is 2.38. The van der Waals surface area contributed by atoms with E-state index in [-0.39, 0.29) is 0 Å². The lowest BCUT2D eigenvalue weighted by molar-refractivity contribution is -0.137. The maximum atomic E-state index is 12.6. The van der Waals surface area contributed by atoms with E-state index in [1.54, 1.807) is 14.0 Å². The highest BCUT2D eigenvalue weighted by atomic mass is 19.4. The maximum absolute atomic E-state index is 12.6. The Morgan fingerprint density at radius 1 is 1.15 bits per heavy atom. The van der Waals surface area contributed by atoms with Gasteiger partial charge >= 0.3 is 6.18 Å². The molecule has 0 atom stereocenters. The zero-order chi connectivity index (χ0) is 15.0. The number of benzene rings is 1. The van der Waals surface area contributed by atoms with E-state index in [0.29, 0.717) is 32.1 Å².